The molecule has 27 heavy (non-hydrogen) atoms. The molecule has 1 saturated heterocycles. The second-order valence-electron chi connectivity index (χ2n) is 6.77. The van der Waals surface area contributed by atoms with Gasteiger partial charge in [-0.25, -0.2) is 0 Å². The van der Waals surface area contributed by atoms with Gasteiger partial charge in [0.2, 0.25) is 5.88 Å². The molecule has 1 N–H and O–H groups in total. The van der Waals surface area contributed by atoms with E-state index in [9.17, 15) is 5.11 Å². The van der Waals surface area contributed by atoms with Gasteiger partial charge in [0.05, 0.1) is 30.3 Å². The lowest BCUT2D eigenvalue weighted by Gasteiger charge is -2.29. The van der Waals surface area contributed by atoms with E-state index in [4.69, 9.17) is 17.0 Å². The molecule has 5 nitrogen and oxygen atoms in total. The van der Waals surface area contributed by atoms with E-state index in [1.54, 1.807) is 4.57 Å². The van der Waals surface area contributed by atoms with E-state index in [-0.39, 0.29) is 5.88 Å². The summed E-state index contributed by atoms with van der Waals surface area (Å²) in [6.45, 7) is 7.31. The van der Waals surface area contributed by atoms with Crippen LogP contribution in [0.3, 0.4) is 0 Å². The van der Waals surface area contributed by atoms with Crippen LogP contribution in [0.2, 0.25) is 0 Å². The third kappa shape index (κ3) is 3.15. The summed E-state index contributed by atoms with van der Waals surface area (Å²) < 4.78 is 9.65. The van der Waals surface area contributed by atoms with E-state index in [1.165, 1.54) is 5.69 Å². The Morgan fingerprint density at radius 3 is 2.30 bits per heavy atom. The topological polar surface area (TPSA) is 42.6 Å². The summed E-state index contributed by atoms with van der Waals surface area (Å²) in [6.07, 6.45) is 0. The third-order valence-corrected chi connectivity index (χ3v) is 5.43. The normalized spacial score (nSPS) is 14.5. The zero-order chi connectivity index (χ0) is 19.0. The smallest absolute Gasteiger partial charge is 0.218 e. The lowest BCUT2D eigenvalue weighted by atomic mass is 10.1. The maximum absolute atomic E-state index is 10.7. The molecular weight excluding hydrogens is 358 g/mol. The van der Waals surface area contributed by atoms with Gasteiger partial charge < -0.3 is 14.7 Å². The molecule has 0 saturated carbocycles. The van der Waals surface area contributed by atoms with Crippen molar-refractivity contribution in [1.29, 1.82) is 0 Å². The molecule has 140 valence electrons. The van der Waals surface area contributed by atoms with Gasteiger partial charge in [-0.2, -0.15) is 0 Å². The van der Waals surface area contributed by atoms with Crippen LogP contribution in [0.25, 0.3) is 11.4 Å². The first-order chi connectivity index (χ1) is 13.1. The maximum Gasteiger partial charge on any atom is 0.218 e. The molecule has 1 aliphatic rings. The highest BCUT2D eigenvalue weighted by atomic mass is 32.1. The number of para-hydroxylation sites is 1. The van der Waals surface area contributed by atoms with Gasteiger partial charge in [-0.15, -0.1) is 0 Å². The number of rotatable bonds is 3. The summed E-state index contributed by atoms with van der Waals surface area (Å²) in [5, 5.41) is 10.7. The number of nitrogens with zero attached hydrogens (tertiary/aromatic N) is 3. The molecule has 0 aliphatic carbocycles. The second kappa shape index (κ2) is 7.21. The summed E-state index contributed by atoms with van der Waals surface area (Å²) in [6, 6.07) is 16.1. The molecule has 1 fully saturated rings. The van der Waals surface area contributed by atoms with E-state index in [0.29, 0.717) is 4.77 Å². The minimum Gasteiger partial charge on any atom is -0.493 e. The number of aromatic hydroxyl groups is 1. The van der Waals surface area contributed by atoms with E-state index < -0.39 is 0 Å². The van der Waals surface area contributed by atoms with Crippen LogP contribution in [-0.2, 0) is 4.74 Å². The van der Waals surface area contributed by atoms with Crippen LogP contribution in [0.15, 0.2) is 48.5 Å². The molecule has 4 rings (SSSR count). The first kappa shape index (κ1) is 17.8. The zero-order valence-corrected chi connectivity index (χ0v) is 16.4. The van der Waals surface area contributed by atoms with Crippen LogP contribution in [0.4, 0.5) is 5.69 Å². The van der Waals surface area contributed by atoms with Gasteiger partial charge in [0.25, 0.3) is 0 Å². The van der Waals surface area contributed by atoms with Crippen molar-refractivity contribution in [2.75, 3.05) is 31.2 Å². The Labute approximate surface area is 164 Å². The van der Waals surface area contributed by atoms with Gasteiger partial charge in [0.15, 0.2) is 4.77 Å². The molecule has 6 heteroatoms. The molecule has 0 spiro atoms. The van der Waals surface area contributed by atoms with Gasteiger partial charge in [0.1, 0.15) is 0 Å². The van der Waals surface area contributed by atoms with E-state index >= 15 is 0 Å². The Morgan fingerprint density at radius 1 is 0.926 bits per heavy atom. The fourth-order valence-electron chi connectivity index (χ4n) is 3.60. The van der Waals surface area contributed by atoms with Gasteiger partial charge in [-0.05, 0) is 62.0 Å². The van der Waals surface area contributed by atoms with Crippen molar-refractivity contribution in [1.82, 2.24) is 9.13 Å². The average Bonchev–Trinajstić information content (AvgIpc) is 2.92. The highest BCUT2D eigenvalue weighted by Gasteiger charge is 2.18. The molecule has 0 amide bonds. The average molecular weight is 382 g/mol. The molecule has 0 bridgehead atoms. The molecule has 0 radical (unpaired) electrons. The van der Waals surface area contributed by atoms with Crippen LogP contribution in [-0.4, -0.2) is 40.5 Å². The predicted octanol–water partition coefficient (Wildman–Crippen LogP) is 4.16. The van der Waals surface area contributed by atoms with Crippen molar-refractivity contribution in [2.24, 2.45) is 0 Å². The summed E-state index contributed by atoms with van der Waals surface area (Å²) in [7, 11) is 0. The molecule has 2 aromatic carbocycles. The largest absolute Gasteiger partial charge is 0.493 e. The highest BCUT2D eigenvalue weighted by molar-refractivity contribution is 7.71. The monoisotopic (exact) mass is 381 g/mol. The number of aryl methyl sites for hydroxylation is 1. The summed E-state index contributed by atoms with van der Waals surface area (Å²) in [5.41, 5.74) is 4.87. The molecule has 1 aliphatic heterocycles. The molecule has 1 aromatic heterocycles. The third-order valence-electron chi connectivity index (χ3n) is 5.07. The maximum atomic E-state index is 10.7. The number of anilines is 1. The van der Waals surface area contributed by atoms with Crippen LogP contribution in [0, 0.1) is 18.6 Å². The highest BCUT2D eigenvalue weighted by Crippen LogP contribution is 2.30. The number of ether oxygens (including phenoxy) is 1. The van der Waals surface area contributed by atoms with Crippen molar-refractivity contribution in [3.8, 4) is 17.3 Å². The van der Waals surface area contributed by atoms with Crippen LogP contribution < -0.4 is 4.90 Å². The fraction of sp³-hybridized carbons (Fsp3) is 0.286. The predicted molar refractivity (Wildman–Crippen MR) is 110 cm³/mol. The molecule has 0 unspecified atom stereocenters. The standard InChI is InChI=1S/C21H23N3O2S/c1-15-14-18(22-10-12-26-13-11-22)8-9-19(15)23-16(2)20(25)24(21(23)27)17-6-4-3-5-7-17/h3-9,14,25H,10-13H2,1-2H3. The van der Waals surface area contributed by atoms with Crippen molar-refractivity contribution in [2.45, 2.75) is 13.8 Å². The number of aromatic nitrogens is 2. The number of benzene rings is 2. The van der Waals surface area contributed by atoms with Gasteiger partial charge in [-0.3, -0.25) is 9.13 Å². The minimum atomic E-state index is 0.169. The van der Waals surface area contributed by atoms with Crippen molar-refractivity contribution >= 4 is 17.9 Å². The Bertz CT molecular complexity index is 1020. The Kier molecular flexibility index (Phi) is 4.76. The zero-order valence-electron chi connectivity index (χ0n) is 15.6. The van der Waals surface area contributed by atoms with Crippen molar-refractivity contribution in [3.63, 3.8) is 0 Å². The first-order valence-electron chi connectivity index (χ1n) is 9.10. The Balaban J connectivity index is 1.79. The van der Waals surface area contributed by atoms with Crippen molar-refractivity contribution < 1.29 is 9.84 Å². The van der Waals surface area contributed by atoms with E-state index in [1.807, 2.05) is 41.8 Å². The number of hydrogen-bond acceptors (Lipinski definition) is 4. The molecule has 2 heterocycles. The second-order valence-corrected chi connectivity index (χ2v) is 7.13. The number of morpholine rings is 1. The fourth-order valence-corrected chi connectivity index (χ4v) is 4.03. The van der Waals surface area contributed by atoms with Gasteiger partial charge >= 0.3 is 0 Å². The summed E-state index contributed by atoms with van der Waals surface area (Å²) >= 11 is 5.72. The minimum absolute atomic E-state index is 0.169. The lowest BCUT2D eigenvalue weighted by molar-refractivity contribution is 0.122. The van der Waals surface area contributed by atoms with E-state index in [0.717, 1.165) is 48.9 Å². The molecule has 0 atom stereocenters. The van der Waals surface area contributed by atoms with Crippen LogP contribution in [0.1, 0.15) is 11.3 Å². The lowest BCUT2D eigenvalue weighted by Crippen LogP contribution is -2.36. The number of hydrogen-bond donors (Lipinski definition) is 1. The molecule has 3 aromatic rings. The summed E-state index contributed by atoms with van der Waals surface area (Å²) in [4.78, 5) is 2.33. The number of imidazole rings is 1. The summed E-state index contributed by atoms with van der Waals surface area (Å²) in [5.74, 6) is 0.169. The van der Waals surface area contributed by atoms with Gasteiger partial charge in [-0.1, -0.05) is 18.2 Å². The van der Waals surface area contributed by atoms with Crippen LogP contribution in [0.5, 0.6) is 5.88 Å². The van der Waals surface area contributed by atoms with Crippen LogP contribution >= 0.6 is 12.2 Å². The SMILES string of the molecule is Cc1cc(N2CCOCC2)ccc1-n1c(C)c(O)n(-c2ccccc2)c1=S. The quantitative estimate of drug-likeness (QED) is 0.692. The van der Waals surface area contributed by atoms with Crippen molar-refractivity contribution in [3.05, 3.63) is 64.6 Å². The molecular formula is C21H23N3O2S. The Morgan fingerprint density at radius 2 is 1.63 bits per heavy atom. The Hall–Kier alpha value is -2.57. The first-order valence-corrected chi connectivity index (χ1v) is 9.51. The van der Waals surface area contributed by atoms with E-state index in [2.05, 4.69) is 30.0 Å². The van der Waals surface area contributed by atoms with Gasteiger partial charge in [0, 0.05) is 18.8 Å².